The number of aromatic amines is 1. The van der Waals surface area contributed by atoms with Crippen molar-refractivity contribution in [3.05, 3.63) is 63.7 Å². The van der Waals surface area contributed by atoms with E-state index in [-0.39, 0.29) is 5.57 Å². The molecule has 0 unspecified atom stereocenters. The fraction of sp³-hybridized carbons (Fsp3) is 0.182. The fourth-order valence-electron chi connectivity index (χ4n) is 3.49. The number of benzene rings is 1. The lowest BCUT2D eigenvalue weighted by molar-refractivity contribution is -0.112. The molecule has 142 valence electrons. The molecule has 1 amide bonds. The van der Waals surface area contributed by atoms with E-state index in [2.05, 4.69) is 21.6 Å². The van der Waals surface area contributed by atoms with Gasteiger partial charge in [-0.05, 0) is 37.3 Å². The van der Waals surface area contributed by atoms with Gasteiger partial charge < -0.3 is 5.32 Å². The standard InChI is InChI=1S/C22H17N5OS/c23-11-15(10-16-13-25-27-20(16)14-6-2-1-3-7-14)21(28)26-22-18(12-24)17-8-4-5-9-19(17)29-22/h1-3,6-7,10,13H,4-5,8-9H2,(H,25,27)(H,26,28). The molecular formula is C22H17N5OS. The van der Waals surface area contributed by atoms with Crippen LogP contribution in [-0.2, 0) is 17.6 Å². The van der Waals surface area contributed by atoms with Crippen molar-refractivity contribution >= 4 is 28.3 Å². The van der Waals surface area contributed by atoms with Crippen molar-refractivity contribution in [2.45, 2.75) is 25.7 Å². The second kappa shape index (κ2) is 8.14. The van der Waals surface area contributed by atoms with Gasteiger partial charge in [-0.25, -0.2) is 0 Å². The number of nitrogens with zero attached hydrogens (tertiary/aromatic N) is 3. The first kappa shape index (κ1) is 18.7. The third-order valence-electron chi connectivity index (χ3n) is 4.91. The molecule has 1 aromatic carbocycles. The highest BCUT2D eigenvalue weighted by Crippen LogP contribution is 2.37. The molecule has 7 heteroatoms. The van der Waals surface area contributed by atoms with Crippen molar-refractivity contribution in [3.8, 4) is 23.4 Å². The number of hydrogen-bond acceptors (Lipinski definition) is 5. The maximum absolute atomic E-state index is 12.8. The van der Waals surface area contributed by atoms with Gasteiger partial charge in [-0.2, -0.15) is 15.6 Å². The summed E-state index contributed by atoms with van der Waals surface area (Å²) in [6.45, 7) is 0. The smallest absolute Gasteiger partial charge is 0.266 e. The molecule has 0 bridgehead atoms. The van der Waals surface area contributed by atoms with E-state index >= 15 is 0 Å². The second-order valence-electron chi connectivity index (χ2n) is 6.72. The van der Waals surface area contributed by atoms with E-state index in [9.17, 15) is 15.3 Å². The molecule has 4 rings (SSSR count). The Labute approximate surface area is 172 Å². The zero-order valence-corrected chi connectivity index (χ0v) is 16.3. The Hall–Kier alpha value is -3.68. The van der Waals surface area contributed by atoms with E-state index in [4.69, 9.17) is 0 Å². The third kappa shape index (κ3) is 3.69. The minimum atomic E-state index is -0.525. The summed E-state index contributed by atoms with van der Waals surface area (Å²) >= 11 is 1.44. The Kier molecular flexibility index (Phi) is 5.24. The molecule has 1 aliphatic rings. The molecule has 2 aromatic heterocycles. The number of H-pyrrole nitrogens is 1. The van der Waals surface area contributed by atoms with Crippen molar-refractivity contribution in [3.63, 3.8) is 0 Å². The molecule has 2 heterocycles. The van der Waals surface area contributed by atoms with Crippen molar-refractivity contribution in [1.29, 1.82) is 10.5 Å². The van der Waals surface area contributed by atoms with Gasteiger partial charge in [0.05, 0.1) is 17.5 Å². The third-order valence-corrected chi connectivity index (χ3v) is 6.11. The van der Waals surface area contributed by atoms with Crippen LogP contribution in [-0.4, -0.2) is 16.1 Å². The molecule has 2 N–H and O–H groups in total. The van der Waals surface area contributed by atoms with Crippen LogP contribution in [0.1, 0.15) is 34.4 Å². The number of hydrogen-bond donors (Lipinski definition) is 2. The van der Waals surface area contributed by atoms with Crippen molar-refractivity contribution < 1.29 is 4.79 Å². The maximum Gasteiger partial charge on any atom is 0.266 e. The summed E-state index contributed by atoms with van der Waals surface area (Å²) in [5.41, 5.74) is 3.82. The number of anilines is 1. The topological polar surface area (TPSA) is 105 Å². The molecule has 1 aliphatic carbocycles. The lowest BCUT2D eigenvalue weighted by atomic mass is 9.96. The van der Waals surface area contributed by atoms with Gasteiger partial charge in [-0.15, -0.1) is 11.3 Å². The predicted molar refractivity (Wildman–Crippen MR) is 112 cm³/mol. The molecule has 0 saturated heterocycles. The summed E-state index contributed by atoms with van der Waals surface area (Å²) in [7, 11) is 0. The highest BCUT2D eigenvalue weighted by molar-refractivity contribution is 7.16. The zero-order valence-electron chi connectivity index (χ0n) is 15.5. The number of nitriles is 2. The SMILES string of the molecule is N#CC(=Cc1cn[nH]c1-c1ccccc1)C(=O)Nc1sc2c(c1C#N)CCCC2. The lowest BCUT2D eigenvalue weighted by Crippen LogP contribution is -2.13. The number of aromatic nitrogens is 2. The summed E-state index contributed by atoms with van der Waals surface area (Å²) < 4.78 is 0. The van der Waals surface area contributed by atoms with Crippen molar-refractivity contribution in [1.82, 2.24) is 10.2 Å². The minimum absolute atomic E-state index is 0.0427. The molecule has 0 spiro atoms. The summed E-state index contributed by atoms with van der Waals surface area (Å²) in [4.78, 5) is 13.9. The van der Waals surface area contributed by atoms with Crippen LogP contribution in [0.25, 0.3) is 17.3 Å². The number of carbonyl (C=O) groups is 1. The number of carbonyl (C=O) groups excluding carboxylic acids is 1. The zero-order chi connectivity index (χ0) is 20.2. The average Bonchev–Trinajstić information content (AvgIpc) is 3.36. The van der Waals surface area contributed by atoms with E-state index in [1.807, 2.05) is 36.4 Å². The number of aryl methyl sites for hydroxylation is 1. The summed E-state index contributed by atoms with van der Waals surface area (Å²) in [5, 5.41) is 29.4. The Morgan fingerprint density at radius 3 is 2.76 bits per heavy atom. The van der Waals surface area contributed by atoms with Crippen molar-refractivity contribution in [2.24, 2.45) is 0 Å². The Morgan fingerprint density at radius 1 is 1.21 bits per heavy atom. The molecular weight excluding hydrogens is 382 g/mol. The van der Waals surface area contributed by atoms with Gasteiger partial charge >= 0.3 is 0 Å². The van der Waals surface area contributed by atoms with Crippen molar-refractivity contribution in [2.75, 3.05) is 5.32 Å². The van der Waals surface area contributed by atoms with Crippen LogP contribution in [0, 0.1) is 22.7 Å². The van der Waals surface area contributed by atoms with Gasteiger partial charge in [0, 0.05) is 16.0 Å². The number of rotatable bonds is 4. The normalized spacial score (nSPS) is 13.2. The molecule has 6 nitrogen and oxygen atoms in total. The number of fused-ring (bicyclic) bond motifs is 1. The largest absolute Gasteiger partial charge is 0.312 e. The van der Waals surface area contributed by atoms with Gasteiger partial charge in [-0.3, -0.25) is 9.89 Å². The van der Waals surface area contributed by atoms with Crippen LogP contribution < -0.4 is 5.32 Å². The van der Waals surface area contributed by atoms with Crippen LogP contribution in [0.3, 0.4) is 0 Å². The summed E-state index contributed by atoms with van der Waals surface area (Å²) in [5.74, 6) is -0.525. The van der Waals surface area contributed by atoms with Gasteiger partial charge in [0.1, 0.15) is 22.7 Å². The second-order valence-corrected chi connectivity index (χ2v) is 7.82. The van der Waals surface area contributed by atoms with Gasteiger partial charge in [0.15, 0.2) is 0 Å². The van der Waals surface area contributed by atoms with Crippen LogP contribution in [0.2, 0.25) is 0 Å². The number of amides is 1. The van der Waals surface area contributed by atoms with E-state index in [0.29, 0.717) is 16.1 Å². The van der Waals surface area contributed by atoms with E-state index < -0.39 is 5.91 Å². The molecule has 0 fully saturated rings. The van der Waals surface area contributed by atoms with E-state index in [1.54, 1.807) is 6.20 Å². The average molecular weight is 399 g/mol. The molecule has 3 aromatic rings. The fourth-order valence-corrected chi connectivity index (χ4v) is 4.72. The quantitative estimate of drug-likeness (QED) is 0.500. The first-order chi connectivity index (χ1) is 14.2. The Bertz CT molecular complexity index is 1170. The van der Waals surface area contributed by atoms with Gasteiger partial charge in [0.25, 0.3) is 5.91 Å². The Balaban J connectivity index is 1.63. The Morgan fingerprint density at radius 2 is 2.00 bits per heavy atom. The minimum Gasteiger partial charge on any atom is -0.312 e. The highest BCUT2D eigenvalue weighted by Gasteiger charge is 2.23. The van der Waals surface area contributed by atoms with Crippen LogP contribution in [0.15, 0.2) is 42.1 Å². The molecule has 0 saturated carbocycles. The molecule has 0 atom stereocenters. The van der Waals surface area contributed by atoms with Gasteiger partial charge in [-0.1, -0.05) is 30.3 Å². The molecule has 0 aliphatic heterocycles. The van der Waals surface area contributed by atoms with E-state index in [0.717, 1.165) is 47.4 Å². The monoisotopic (exact) mass is 399 g/mol. The highest BCUT2D eigenvalue weighted by atomic mass is 32.1. The molecule has 29 heavy (non-hydrogen) atoms. The number of thiophene rings is 1. The summed E-state index contributed by atoms with van der Waals surface area (Å²) in [6, 6.07) is 13.8. The maximum atomic E-state index is 12.8. The predicted octanol–water partition coefficient (Wildman–Crippen LogP) is 4.43. The first-order valence-corrected chi connectivity index (χ1v) is 10.1. The lowest BCUT2D eigenvalue weighted by Gasteiger charge is -2.09. The van der Waals surface area contributed by atoms with Crippen LogP contribution in [0.5, 0.6) is 0 Å². The molecule has 0 radical (unpaired) electrons. The number of nitrogens with one attached hydrogen (secondary N) is 2. The summed E-state index contributed by atoms with van der Waals surface area (Å²) in [6.07, 6.45) is 7.04. The van der Waals surface area contributed by atoms with Crippen LogP contribution in [0.4, 0.5) is 5.00 Å². The van der Waals surface area contributed by atoms with Crippen LogP contribution >= 0.6 is 11.3 Å². The first-order valence-electron chi connectivity index (χ1n) is 9.28. The van der Waals surface area contributed by atoms with Gasteiger partial charge in [0.2, 0.25) is 0 Å². The van der Waals surface area contributed by atoms with E-state index in [1.165, 1.54) is 17.4 Å².